The van der Waals surface area contributed by atoms with Crippen LogP contribution in [0.5, 0.6) is 5.88 Å². The van der Waals surface area contributed by atoms with Gasteiger partial charge in [-0.05, 0) is 18.2 Å². The van der Waals surface area contributed by atoms with Gasteiger partial charge in [-0.2, -0.15) is 0 Å². The maximum Gasteiger partial charge on any atom is 0.213 e. The number of hydrogen-bond donors (Lipinski definition) is 1. The monoisotopic (exact) mass is 298 g/mol. The van der Waals surface area contributed by atoms with Crippen LogP contribution in [-0.4, -0.2) is 36.2 Å². The van der Waals surface area contributed by atoms with Crippen molar-refractivity contribution in [3.05, 3.63) is 59.1 Å². The molecular formula is C16H18N4O2. The second-order valence-electron chi connectivity index (χ2n) is 4.69. The van der Waals surface area contributed by atoms with Crippen molar-refractivity contribution in [1.82, 2.24) is 15.0 Å². The van der Waals surface area contributed by atoms with Gasteiger partial charge in [0.25, 0.3) is 0 Å². The first-order chi connectivity index (χ1) is 10.6. The zero-order chi connectivity index (χ0) is 15.9. The minimum Gasteiger partial charge on any atom is -0.481 e. The van der Waals surface area contributed by atoms with E-state index in [1.165, 1.54) is 18.9 Å². The highest BCUT2D eigenvalue weighted by atomic mass is 16.5. The van der Waals surface area contributed by atoms with Crippen LogP contribution < -0.4 is 15.1 Å². The first-order valence-corrected chi connectivity index (χ1v) is 6.71. The Hall–Kier alpha value is -2.89. The highest BCUT2D eigenvalue weighted by Gasteiger charge is 2.00. The molecule has 3 aromatic heterocycles. The summed E-state index contributed by atoms with van der Waals surface area (Å²) in [6.07, 6.45) is 5.17. The highest BCUT2D eigenvalue weighted by Crippen LogP contribution is 2.10. The summed E-state index contributed by atoms with van der Waals surface area (Å²) in [6.45, 7) is 0. The van der Waals surface area contributed by atoms with E-state index in [9.17, 15) is 4.79 Å². The van der Waals surface area contributed by atoms with E-state index in [4.69, 9.17) is 4.74 Å². The lowest BCUT2D eigenvalue weighted by Gasteiger charge is -2.10. The van der Waals surface area contributed by atoms with E-state index in [1.807, 2.05) is 31.1 Å². The first-order valence-electron chi connectivity index (χ1n) is 6.71. The van der Waals surface area contributed by atoms with Gasteiger partial charge >= 0.3 is 0 Å². The number of pyridine rings is 3. The number of hydrogen-bond acceptors (Lipinski definition) is 5. The Balaban J connectivity index is 0.000000172. The molecule has 0 aliphatic heterocycles. The SMILES string of the molecule is CN(C)c1ccncc1.COc1ccc2[nH]ccc(=O)c2n1. The van der Waals surface area contributed by atoms with Crippen LogP contribution in [0.4, 0.5) is 5.69 Å². The van der Waals surface area contributed by atoms with Gasteiger partial charge in [-0.25, -0.2) is 4.98 Å². The molecule has 6 nitrogen and oxygen atoms in total. The lowest BCUT2D eigenvalue weighted by Crippen LogP contribution is -2.07. The average Bonchev–Trinajstić information content (AvgIpc) is 2.56. The third-order valence-corrected chi connectivity index (χ3v) is 2.96. The first kappa shape index (κ1) is 15.5. The number of rotatable bonds is 2. The fourth-order valence-corrected chi connectivity index (χ4v) is 1.79. The van der Waals surface area contributed by atoms with Crippen LogP contribution in [0.25, 0.3) is 11.0 Å². The van der Waals surface area contributed by atoms with Crippen LogP contribution >= 0.6 is 0 Å². The van der Waals surface area contributed by atoms with Gasteiger partial charge in [0.2, 0.25) is 11.3 Å². The molecule has 0 fully saturated rings. The summed E-state index contributed by atoms with van der Waals surface area (Å²) in [5, 5.41) is 0. The number of methoxy groups -OCH3 is 1. The van der Waals surface area contributed by atoms with Gasteiger partial charge in [0, 0.05) is 50.5 Å². The molecule has 0 spiro atoms. The quantitative estimate of drug-likeness (QED) is 0.784. The number of nitrogens with zero attached hydrogens (tertiary/aromatic N) is 3. The van der Waals surface area contributed by atoms with Crippen molar-refractivity contribution in [1.29, 1.82) is 0 Å². The van der Waals surface area contributed by atoms with Gasteiger partial charge in [0.15, 0.2) is 0 Å². The number of aromatic nitrogens is 3. The van der Waals surface area contributed by atoms with Crippen molar-refractivity contribution in [2.75, 3.05) is 26.1 Å². The second kappa shape index (κ2) is 7.21. The van der Waals surface area contributed by atoms with E-state index in [2.05, 4.69) is 15.0 Å². The smallest absolute Gasteiger partial charge is 0.213 e. The summed E-state index contributed by atoms with van der Waals surface area (Å²) in [4.78, 5) is 24.2. The van der Waals surface area contributed by atoms with Crippen LogP contribution in [0, 0.1) is 0 Å². The maximum atomic E-state index is 11.3. The van der Waals surface area contributed by atoms with Crippen molar-refractivity contribution in [2.45, 2.75) is 0 Å². The minimum atomic E-state index is -0.104. The Morgan fingerprint density at radius 3 is 2.41 bits per heavy atom. The van der Waals surface area contributed by atoms with E-state index < -0.39 is 0 Å². The fraction of sp³-hybridized carbons (Fsp3) is 0.188. The molecule has 0 aromatic carbocycles. The average molecular weight is 298 g/mol. The molecule has 3 rings (SSSR count). The number of ether oxygens (including phenoxy) is 1. The van der Waals surface area contributed by atoms with Crippen LogP contribution in [0.1, 0.15) is 0 Å². The van der Waals surface area contributed by atoms with Gasteiger partial charge in [-0.15, -0.1) is 0 Å². The van der Waals surface area contributed by atoms with E-state index in [0.717, 1.165) is 0 Å². The Morgan fingerprint density at radius 1 is 1.09 bits per heavy atom. The predicted octanol–water partition coefficient (Wildman–Crippen LogP) is 2.08. The second-order valence-corrected chi connectivity index (χ2v) is 4.69. The number of fused-ring (bicyclic) bond motifs is 1. The van der Waals surface area contributed by atoms with Gasteiger partial charge < -0.3 is 14.6 Å². The fourth-order valence-electron chi connectivity index (χ4n) is 1.79. The normalized spacial score (nSPS) is 9.77. The molecule has 1 N–H and O–H groups in total. The van der Waals surface area contributed by atoms with Gasteiger partial charge in [0.05, 0.1) is 12.6 Å². The molecule has 3 aromatic rings. The molecule has 6 heteroatoms. The van der Waals surface area contributed by atoms with E-state index in [1.54, 1.807) is 30.7 Å². The lowest BCUT2D eigenvalue weighted by molar-refractivity contribution is 0.399. The molecule has 0 radical (unpaired) electrons. The summed E-state index contributed by atoms with van der Waals surface area (Å²) in [7, 11) is 5.54. The van der Waals surface area contributed by atoms with Crippen LogP contribution in [0.3, 0.4) is 0 Å². The van der Waals surface area contributed by atoms with Crippen LogP contribution in [-0.2, 0) is 0 Å². The van der Waals surface area contributed by atoms with Gasteiger partial charge in [0.1, 0.15) is 5.52 Å². The third-order valence-electron chi connectivity index (χ3n) is 2.96. The maximum absolute atomic E-state index is 11.3. The number of nitrogens with one attached hydrogen (secondary N) is 1. The van der Waals surface area contributed by atoms with Crippen molar-refractivity contribution >= 4 is 16.7 Å². The Kier molecular flexibility index (Phi) is 5.08. The summed E-state index contributed by atoms with van der Waals surface area (Å²) in [5.74, 6) is 0.448. The third kappa shape index (κ3) is 3.82. The summed E-state index contributed by atoms with van der Waals surface area (Å²) in [6, 6.07) is 8.86. The Labute approximate surface area is 128 Å². The molecule has 0 bridgehead atoms. The van der Waals surface area contributed by atoms with Crippen LogP contribution in [0.2, 0.25) is 0 Å². The molecule has 0 saturated carbocycles. The predicted molar refractivity (Wildman–Crippen MR) is 87.5 cm³/mol. The molecule has 0 atom stereocenters. The largest absolute Gasteiger partial charge is 0.481 e. The topological polar surface area (TPSA) is 71.1 Å². The molecule has 0 aliphatic carbocycles. The molecule has 3 heterocycles. The molecule has 22 heavy (non-hydrogen) atoms. The Morgan fingerprint density at radius 2 is 1.82 bits per heavy atom. The highest BCUT2D eigenvalue weighted by molar-refractivity contribution is 5.73. The molecular weight excluding hydrogens is 280 g/mol. The molecule has 0 unspecified atom stereocenters. The van der Waals surface area contributed by atoms with Gasteiger partial charge in [-0.3, -0.25) is 9.78 Å². The number of anilines is 1. The van der Waals surface area contributed by atoms with E-state index >= 15 is 0 Å². The number of aromatic amines is 1. The zero-order valence-electron chi connectivity index (χ0n) is 12.8. The van der Waals surface area contributed by atoms with E-state index in [-0.39, 0.29) is 5.43 Å². The summed E-state index contributed by atoms with van der Waals surface area (Å²) >= 11 is 0. The van der Waals surface area contributed by atoms with E-state index in [0.29, 0.717) is 16.9 Å². The Bertz CT molecular complexity index is 785. The van der Waals surface area contributed by atoms with Crippen LogP contribution in [0.15, 0.2) is 53.7 Å². The van der Waals surface area contributed by atoms with Crippen molar-refractivity contribution in [3.63, 3.8) is 0 Å². The minimum absolute atomic E-state index is 0.104. The van der Waals surface area contributed by atoms with Crippen molar-refractivity contribution < 1.29 is 4.74 Å². The molecule has 0 aliphatic rings. The van der Waals surface area contributed by atoms with Crippen molar-refractivity contribution in [3.8, 4) is 5.88 Å². The standard InChI is InChI=1S/C9H8N2O2.C7H10N2/c1-13-8-3-2-6-9(11-8)7(12)4-5-10-6;1-9(2)7-3-5-8-6-4-7/h2-5H,1H3,(H,10,12);3-6H,1-2H3. The van der Waals surface area contributed by atoms with Crippen molar-refractivity contribution in [2.24, 2.45) is 0 Å². The lowest BCUT2D eigenvalue weighted by atomic mass is 10.3. The molecule has 0 amide bonds. The molecule has 0 saturated heterocycles. The molecule has 114 valence electrons. The summed E-state index contributed by atoms with van der Waals surface area (Å²) < 4.78 is 4.91. The number of H-pyrrole nitrogens is 1. The van der Waals surface area contributed by atoms with Gasteiger partial charge in [-0.1, -0.05) is 0 Å². The zero-order valence-corrected chi connectivity index (χ0v) is 12.8. The summed E-state index contributed by atoms with van der Waals surface area (Å²) in [5.41, 5.74) is 2.20.